The van der Waals surface area contributed by atoms with Gasteiger partial charge in [-0.1, -0.05) is 18.2 Å². The highest BCUT2D eigenvalue weighted by molar-refractivity contribution is 6.66. The average Bonchev–Trinajstić information content (AvgIpc) is 2.15. The minimum atomic E-state index is -0.510. The minimum Gasteiger partial charge on any atom is -0.276 e. The zero-order valence-corrected chi connectivity index (χ0v) is 7.45. The van der Waals surface area contributed by atoms with E-state index in [1.54, 1.807) is 30.3 Å². The van der Waals surface area contributed by atoms with Crippen LogP contribution in [0.5, 0.6) is 0 Å². The van der Waals surface area contributed by atoms with Gasteiger partial charge in [-0.2, -0.15) is 5.26 Å². The van der Waals surface area contributed by atoms with Crippen LogP contribution in [0.2, 0.25) is 0 Å². The normalized spacial score (nSPS) is 9.85. The van der Waals surface area contributed by atoms with E-state index < -0.39 is 5.24 Å². The molecule has 0 radical (unpaired) electrons. The molecule has 0 aliphatic carbocycles. The fourth-order valence-corrected chi connectivity index (χ4v) is 0.894. The molecule has 1 aromatic carbocycles. The second-order valence-electron chi connectivity index (χ2n) is 2.37. The van der Waals surface area contributed by atoms with Gasteiger partial charge in [0.2, 0.25) is 5.24 Å². The second-order valence-corrected chi connectivity index (χ2v) is 2.74. The lowest BCUT2D eigenvalue weighted by Crippen LogP contribution is -1.77. The molecule has 0 spiro atoms. The van der Waals surface area contributed by atoms with Crippen LogP contribution < -0.4 is 0 Å². The summed E-state index contributed by atoms with van der Waals surface area (Å²) in [5, 5.41) is 7.99. The lowest BCUT2D eigenvalue weighted by atomic mass is 10.1. The molecule has 0 bridgehead atoms. The van der Waals surface area contributed by atoms with Crippen molar-refractivity contribution in [3.05, 3.63) is 41.5 Å². The summed E-state index contributed by atoms with van der Waals surface area (Å²) in [6.45, 7) is 0. The fourth-order valence-electron chi connectivity index (χ4n) is 0.831. The molecule has 64 valence electrons. The van der Waals surface area contributed by atoms with E-state index >= 15 is 0 Å². The molecule has 1 rings (SSSR count). The van der Waals surface area contributed by atoms with Crippen LogP contribution in [-0.4, -0.2) is 5.24 Å². The van der Waals surface area contributed by atoms with Gasteiger partial charge < -0.3 is 0 Å². The van der Waals surface area contributed by atoms with Gasteiger partial charge in [-0.25, -0.2) is 0 Å². The minimum absolute atomic E-state index is 0.510. The molecular formula is C10H6ClNO. The van der Waals surface area contributed by atoms with Gasteiger partial charge in [-0.05, 0) is 35.4 Å². The van der Waals surface area contributed by atoms with E-state index in [-0.39, 0.29) is 0 Å². The molecule has 3 heteroatoms. The SMILES string of the molecule is N#Cc1ccc(C=CC(=O)Cl)cc1. The Balaban J connectivity index is 2.82. The van der Waals surface area contributed by atoms with Crippen LogP contribution in [0.15, 0.2) is 30.3 Å². The number of hydrogen-bond donors (Lipinski definition) is 0. The van der Waals surface area contributed by atoms with E-state index in [1.807, 2.05) is 6.07 Å². The molecule has 0 saturated heterocycles. The topological polar surface area (TPSA) is 40.9 Å². The molecule has 13 heavy (non-hydrogen) atoms. The Morgan fingerprint density at radius 3 is 2.46 bits per heavy atom. The number of nitrogens with zero attached hydrogens (tertiary/aromatic N) is 1. The number of rotatable bonds is 2. The van der Waals surface area contributed by atoms with Crippen molar-refractivity contribution in [2.75, 3.05) is 0 Å². The van der Waals surface area contributed by atoms with Gasteiger partial charge in [0, 0.05) is 0 Å². The highest BCUT2D eigenvalue weighted by Crippen LogP contribution is 2.05. The van der Waals surface area contributed by atoms with E-state index in [1.165, 1.54) is 6.08 Å². The van der Waals surface area contributed by atoms with Crippen LogP contribution in [0.3, 0.4) is 0 Å². The number of nitriles is 1. The summed E-state index contributed by atoms with van der Waals surface area (Å²) in [7, 11) is 0. The van der Waals surface area contributed by atoms with E-state index in [2.05, 4.69) is 0 Å². The first-order chi connectivity index (χ1) is 6.22. The second kappa shape index (κ2) is 4.44. The highest BCUT2D eigenvalue weighted by Gasteiger charge is 1.90. The van der Waals surface area contributed by atoms with Gasteiger partial charge in [-0.15, -0.1) is 0 Å². The van der Waals surface area contributed by atoms with Crippen molar-refractivity contribution in [3.8, 4) is 6.07 Å². The van der Waals surface area contributed by atoms with Gasteiger partial charge in [0.1, 0.15) is 0 Å². The maximum Gasteiger partial charge on any atom is 0.245 e. The molecule has 1 aromatic rings. The van der Waals surface area contributed by atoms with Crippen LogP contribution in [0, 0.1) is 11.3 Å². The zero-order valence-electron chi connectivity index (χ0n) is 6.70. The van der Waals surface area contributed by atoms with Crippen molar-refractivity contribution in [2.45, 2.75) is 0 Å². The number of allylic oxidation sites excluding steroid dienone is 1. The molecule has 0 N–H and O–H groups in total. The van der Waals surface area contributed by atoms with Crippen LogP contribution in [-0.2, 0) is 4.79 Å². The predicted molar refractivity (Wildman–Crippen MR) is 51.1 cm³/mol. The molecule has 0 saturated carbocycles. The Morgan fingerprint density at radius 1 is 1.38 bits per heavy atom. The summed E-state index contributed by atoms with van der Waals surface area (Å²) in [6.07, 6.45) is 2.86. The molecule has 0 aliphatic rings. The number of halogens is 1. The third-order valence-electron chi connectivity index (χ3n) is 1.45. The monoisotopic (exact) mass is 191 g/mol. The van der Waals surface area contributed by atoms with E-state index in [9.17, 15) is 4.79 Å². The number of carbonyl (C=O) groups excluding carboxylic acids is 1. The zero-order chi connectivity index (χ0) is 9.68. The Bertz CT molecular complexity index is 373. The van der Waals surface area contributed by atoms with Crippen LogP contribution in [0.1, 0.15) is 11.1 Å². The smallest absolute Gasteiger partial charge is 0.245 e. The van der Waals surface area contributed by atoms with Gasteiger partial charge in [0.15, 0.2) is 0 Å². The third kappa shape index (κ3) is 3.10. The summed E-state index contributed by atoms with van der Waals surface area (Å²) in [5.74, 6) is 0. The lowest BCUT2D eigenvalue weighted by Gasteiger charge is -1.91. The van der Waals surface area contributed by atoms with E-state index in [0.29, 0.717) is 5.56 Å². The molecule has 0 aliphatic heterocycles. The van der Waals surface area contributed by atoms with Crippen molar-refractivity contribution in [3.63, 3.8) is 0 Å². The van der Waals surface area contributed by atoms with Crippen molar-refractivity contribution in [1.29, 1.82) is 5.26 Å². The summed E-state index contributed by atoms with van der Waals surface area (Å²) in [6, 6.07) is 8.85. The molecular weight excluding hydrogens is 186 g/mol. The third-order valence-corrected chi connectivity index (χ3v) is 1.57. The Kier molecular flexibility index (Phi) is 3.24. The maximum absolute atomic E-state index is 10.4. The van der Waals surface area contributed by atoms with Gasteiger partial charge in [-0.3, -0.25) is 4.79 Å². The van der Waals surface area contributed by atoms with E-state index in [0.717, 1.165) is 5.56 Å². The number of benzene rings is 1. The number of carbonyl (C=O) groups is 1. The highest BCUT2D eigenvalue weighted by atomic mass is 35.5. The Morgan fingerprint density at radius 2 is 2.00 bits per heavy atom. The predicted octanol–water partition coefficient (Wildman–Crippen LogP) is 2.34. The lowest BCUT2D eigenvalue weighted by molar-refractivity contribution is -0.107. The van der Waals surface area contributed by atoms with Crippen molar-refractivity contribution >= 4 is 22.9 Å². The van der Waals surface area contributed by atoms with Gasteiger partial charge >= 0.3 is 0 Å². The van der Waals surface area contributed by atoms with Gasteiger partial charge in [0.25, 0.3) is 0 Å². The molecule has 0 heterocycles. The maximum atomic E-state index is 10.4. The van der Waals surface area contributed by atoms with Gasteiger partial charge in [0.05, 0.1) is 11.6 Å². The quantitative estimate of drug-likeness (QED) is 0.532. The molecule has 2 nitrogen and oxygen atoms in total. The standard InChI is InChI=1S/C10H6ClNO/c11-10(13)6-5-8-1-3-9(7-12)4-2-8/h1-6H. The fraction of sp³-hybridized carbons (Fsp3) is 0. The van der Waals surface area contributed by atoms with Crippen LogP contribution >= 0.6 is 11.6 Å². The molecule has 0 amide bonds. The Labute approximate surface area is 81.1 Å². The summed E-state index contributed by atoms with van der Waals surface area (Å²) in [4.78, 5) is 10.4. The van der Waals surface area contributed by atoms with Crippen molar-refractivity contribution < 1.29 is 4.79 Å². The van der Waals surface area contributed by atoms with Crippen LogP contribution in [0.25, 0.3) is 6.08 Å². The van der Waals surface area contributed by atoms with Crippen molar-refractivity contribution in [1.82, 2.24) is 0 Å². The van der Waals surface area contributed by atoms with E-state index in [4.69, 9.17) is 16.9 Å². The molecule has 0 fully saturated rings. The summed E-state index contributed by atoms with van der Waals surface area (Å²) < 4.78 is 0. The largest absolute Gasteiger partial charge is 0.276 e. The summed E-state index contributed by atoms with van der Waals surface area (Å²) in [5.41, 5.74) is 1.43. The molecule has 0 atom stereocenters. The molecule has 0 unspecified atom stereocenters. The summed E-state index contributed by atoms with van der Waals surface area (Å²) >= 11 is 5.11. The first kappa shape index (κ1) is 9.50. The average molecular weight is 192 g/mol. The van der Waals surface area contributed by atoms with Crippen molar-refractivity contribution in [2.24, 2.45) is 0 Å². The number of hydrogen-bond acceptors (Lipinski definition) is 2. The first-order valence-corrected chi connectivity index (χ1v) is 3.98. The molecule has 0 aromatic heterocycles. The van der Waals surface area contributed by atoms with Crippen LogP contribution in [0.4, 0.5) is 0 Å². The Hall–Kier alpha value is -1.59. The first-order valence-electron chi connectivity index (χ1n) is 3.60.